The van der Waals surface area contributed by atoms with Crippen LogP contribution in [0, 0.1) is 0 Å². The number of benzene rings is 1. The third-order valence-corrected chi connectivity index (χ3v) is 3.31. The van der Waals surface area contributed by atoms with E-state index >= 15 is 0 Å². The van der Waals surface area contributed by atoms with Gasteiger partial charge in [0.25, 0.3) is 5.22 Å². The van der Waals surface area contributed by atoms with Crippen LogP contribution in [0.4, 0.5) is 0 Å². The highest BCUT2D eigenvalue weighted by molar-refractivity contribution is 7.99. The Balaban J connectivity index is 1.98. The van der Waals surface area contributed by atoms with Crippen molar-refractivity contribution in [1.29, 1.82) is 0 Å². The van der Waals surface area contributed by atoms with Gasteiger partial charge in [-0.25, -0.2) is 15.0 Å². The summed E-state index contributed by atoms with van der Waals surface area (Å²) >= 11 is 7.17. The lowest BCUT2D eigenvalue weighted by atomic mass is 10.3. The van der Waals surface area contributed by atoms with Gasteiger partial charge in [-0.05, 0) is 23.9 Å². The molecule has 3 rings (SSSR count). The molecule has 0 saturated heterocycles. The zero-order valence-corrected chi connectivity index (χ0v) is 10.1. The molecule has 84 valence electrons. The van der Waals surface area contributed by atoms with Crippen molar-refractivity contribution in [2.45, 2.75) is 10.2 Å². The van der Waals surface area contributed by atoms with Crippen LogP contribution in [0.1, 0.15) is 0 Å². The van der Waals surface area contributed by atoms with Crippen molar-refractivity contribution in [2.75, 3.05) is 0 Å². The van der Waals surface area contributed by atoms with Crippen LogP contribution in [0.5, 0.6) is 0 Å². The Labute approximate surface area is 106 Å². The van der Waals surface area contributed by atoms with Gasteiger partial charge in [-0.2, -0.15) is 0 Å². The number of hydrogen-bond donors (Lipinski definition) is 0. The molecular formula is C11H6ClN3OS. The first-order valence-corrected chi connectivity index (χ1v) is 6.02. The van der Waals surface area contributed by atoms with Gasteiger partial charge in [0.05, 0.1) is 0 Å². The summed E-state index contributed by atoms with van der Waals surface area (Å²) in [6.07, 6.45) is 3.12. The van der Waals surface area contributed by atoms with E-state index in [1.165, 1.54) is 11.8 Å². The minimum absolute atomic E-state index is 0.347. The van der Waals surface area contributed by atoms with Crippen molar-refractivity contribution in [3.05, 3.63) is 41.8 Å². The Kier molecular flexibility index (Phi) is 2.70. The number of fused-ring (bicyclic) bond motifs is 1. The molecule has 17 heavy (non-hydrogen) atoms. The van der Waals surface area contributed by atoms with E-state index in [0.717, 1.165) is 11.1 Å². The fourth-order valence-electron chi connectivity index (χ4n) is 1.35. The summed E-state index contributed by atoms with van der Waals surface area (Å²) in [6, 6.07) is 7.57. The lowest BCUT2D eigenvalue weighted by Gasteiger charge is -1.96. The maximum Gasteiger partial charge on any atom is 0.263 e. The number of hydrogen-bond acceptors (Lipinski definition) is 5. The van der Waals surface area contributed by atoms with E-state index in [9.17, 15) is 0 Å². The fraction of sp³-hybridized carbons (Fsp3) is 0. The first-order chi connectivity index (χ1) is 8.33. The van der Waals surface area contributed by atoms with Gasteiger partial charge in [0, 0.05) is 12.4 Å². The highest BCUT2D eigenvalue weighted by Gasteiger charge is 2.10. The molecule has 6 heteroatoms. The average Bonchev–Trinajstić information content (AvgIpc) is 2.74. The van der Waals surface area contributed by atoms with Crippen LogP contribution in [0.25, 0.3) is 11.1 Å². The van der Waals surface area contributed by atoms with Crippen LogP contribution in [0.3, 0.4) is 0 Å². The summed E-state index contributed by atoms with van der Waals surface area (Å²) in [7, 11) is 0. The second-order valence-electron chi connectivity index (χ2n) is 3.20. The molecule has 2 heterocycles. The van der Waals surface area contributed by atoms with Crippen LogP contribution in [0.2, 0.25) is 5.15 Å². The quantitative estimate of drug-likeness (QED) is 0.709. The topological polar surface area (TPSA) is 51.8 Å². The van der Waals surface area contributed by atoms with Crippen LogP contribution in [0.15, 0.2) is 51.3 Å². The number of oxazole rings is 1. The van der Waals surface area contributed by atoms with E-state index in [1.807, 2.05) is 24.3 Å². The molecule has 0 unspecified atom stereocenters. The van der Waals surface area contributed by atoms with E-state index in [1.54, 1.807) is 12.4 Å². The molecule has 0 fully saturated rings. The highest BCUT2D eigenvalue weighted by Crippen LogP contribution is 2.31. The predicted molar refractivity (Wildman–Crippen MR) is 65.2 cm³/mol. The van der Waals surface area contributed by atoms with E-state index in [0.29, 0.717) is 15.4 Å². The molecule has 0 saturated carbocycles. The summed E-state index contributed by atoms with van der Waals surface area (Å²) in [6.45, 7) is 0. The summed E-state index contributed by atoms with van der Waals surface area (Å²) in [4.78, 5) is 12.4. The minimum Gasteiger partial charge on any atom is -0.431 e. The summed E-state index contributed by atoms with van der Waals surface area (Å²) in [5.41, 5.74) is 1.56. The molecule has 0 spiro atoms. The third-order valence-electron chi connectivity index (χ3n) is 2.08. The number of halogens is 1. The van der Waals surface area contributed by atoms with Crippen LogP contribution >= 0.6 is 23.4 Å². The standard InChI is InChI=1S/C11H6ClN3OS/c12-9-10(14-6-5-13-9)17-11-15-7-3-1-2-4-8(7)16-11/h1-6H. The number of nitrogens with zero attached hydrogens (tertiary/aromatic N) is 3. The second-order valence-corrected chi connectivity index (χ2v) is 4.50. The molecule has 0 amide bonds. The van der Waals surface area contributed by atoms with Crippen molar-refractivity contribution < 1.29 is 4.42 Å². The van der Waals surface area contributed by atoms with E-state index in [-0.39, 0.29) is 0 Å². The van der Waals surface area contributed by atoms with Crippen LogP contribution < -0.4 is 0 Å². The number of aromatic nitrogens is 3. The monoisotopic (exact) mass is 263 g/mol. The first-order valence-electron chi connectivity index (χ1n) is 4.83. The SMILES string of the molecule is Clc1nccnc1Sc1nc2ccccc2o1. The molecule has 1 aromatic carbocycles. The normalized spacial score (nSPS) is 10.9. The molecule has 0 aliphatic rings. The highest BCUT2D eigenvalue weighted by atomic mass is 35.5. The molecule has 0 N–H and O–H groups in total. The summed E-state index contributed by atoms with van der Waals surface area (Å²) in [5.74, 6) is 0. The van der Waals surface area contributed by atoms with E-state index in [2.05, 4.69) is 15.0 Å². The van der Waals surface area contributed by atoms with Crippen molar-refractivity contribution >= 4 is 34.5 Å². The average molecular weight is 264 g/mol. The lowest BCUT2D eigenvalue weighted by molar-refractivity contribution is 0.489. The Hall–Kier alpha value is -1.59. The van der Waals surface area contributed by atoms with Crippen molar-refractivity contribution in [2.24, 2.45) is 0 Å². The molecule has 3 aromatic rings. The van der Waals surface area contributed by atoms with E-state index < -0.39 is 0 Å². The summed E-state index contributed by atoms with van der Waals surface area (Å²) in [5, 5.41) is 1.44. The van der Waals surface area contributed by atoms with Crippen molar-refractivity contribution in [1.82, 2.24) is 15.0 Å². The maximum absolute atomic E-state index is 5.91. The largest absolute Gasteiger partial charge is 0.431 e. The molecule has 0 atom stereocenters. The Morgan fingerprint density at radius 2 is 1.94 bits per heavy atom. The second kappa shape index (κ2) is 4.35. The van der Waals surface area contributed by atoms with Gasteiger partial charge in [0.1, 0.15) is 10.5 Å². The van der Waals surface area contributed by atoms with Gasteiger partial charge in [-0.3, -0.25) is 0 Å². The molecule has 0 bridgehead atoms. The predicted octanol–water partition coefficient (Wildman–Crippen LogP) is 3.42. The van der Waals surface area contributed by atoms with Gasteiger partial charge < -0.3 is 4.42 Å². The van der Waals surface area contributed by atoms with Gasteiger partial charge in [-0.15, -0.1) is 0 Å². The first kappa shape index (κ1) is 10.6. The smallest absolute Gasteiger partial charge is 0.263 e. The summed E-state index contributed by atoms with van der Waals surface area (Å²) < 4.78 is 5.55. The van der Waals surface area contributed by atoms with Gasteiger partial charge >= 0.3 is 0 Å². The van der Waals surface area contributed by atoms with E-state index in [4.69, 9.17) is 16.0 Å². The maximum atomic E-state index is 5.91. The van der Waals surface area contributed by atoms with Crippen LogP contribution in [-0.4, -0.2) is 15.0 Å². The van der Waals surface area contributed by atoms with Crippen molar-refractivity contribution in [3.8, 4) is 0 Å². The number of para-hydroxylation sites is 2. The molecule has 0 aliphatic heterocycles. The van der Waals surface area contributed by atoms with Crippen molar-refractivity contribution in [3.63, 3.8) is 0 Å². The fourth-order valence-corrected chi connectivity index (χ4v) is 2.27. The van der Waals surface area contributed by atoms with Gasteiger partial charge in [0.2, 0.25) is 0 Å². The molecule has 0 radical (unpaired) electrons. The van der Waals surface area contributed by atoms with Crippen LogP contribution in [-0.2, 0) is 0 Å². The third kappa shape index (κ3) is 2.11. The minimum atomic E-state index is 0.347. The lowest BCUT2D eigenvalue weighted by Crippen LogP contribution is -1.83. The molecular weight excluding hydrogens is 258 g/mol. The molecule has 0 aliphatic carbocycles. The Bertz CT molecular complexity index is 637. The van der Waals surface area contributed by atoms with Gasteiger partial charge in [-0.1, -0.05) is 23.7 Å². The number of rotatable bonds is 2. The molecule has 4 nitrogen and oxygen atoms in total. The Morgan fingerprint density at radius 3 is 2.76 bits per heavy atom. The molecule has 2 aromatic heterocycles. The zero-order chi connectivity index (χ0) is 11.7. The Morgan fingerprint density at radius 1 is 1.12 bits per heavy atom. The zero-order valence-electron chi connectivity index (χ0n) is 8.50. The van der Waals surface area contributed by atoms with Gasteiger partial charge in [0.15, 0.2) is 10.7 Å².